The lowest BCUT2D eigenvalue weighted by atomic mass is 10.0. The van der Waals surface area contributed by atoms with Crippen LogP contribution in [0.5, 0.6) is 0 Å². The van der Waals surface area contributed by atoms with E-state index in [4.69, 9.17) is 19.4 Å². The minimum Gasteiger partial charge on any atom is -0.454 e. The van der Waals surface area contributed by atoms with Crippen LogP contribution in [-0.2, 0) is 0 Å². The molecule has 5 nitrogen and oxygen atoms in total. The topological polar surface area (TPSA) is 56.7 Å². The Morgan fingerprint density at radius 1 is 0.471 bits per heavy atom. The fourth-order valence-corrected chi connectivity index (χ4v) is 7.98. The lowest BCUT2D eigenvalue weighted by Gasteiger charge is -2.10. The van der Waals surface area contributed by atoms with Crippen molar-refractivity contribution in [2.75, 3.05) is 0 Å². The van der Waals surface area contributed by atoms with Gasteiger partial charge >= 0.3 is 0 Å². The maximum atomic E-state index is 6.93. The number of fused-ring (bicyclic) bond motifs is 13. The number of benzene rings is 7. The zero-order valence-corrected chi connectivity index (χ0v) is 27.6. The van der Waals surface area contributed by atoms with Crippen molar-refractivity contribution in [1.82, 2.24) is 19.5 Å². The van der Waals surface area contributed by atoms with Gasteiger partial charge in [-0.2, -0.15) is 0 Å². The zero-order valence-electron chi connectivity index (χ0n) is 27.6. The molecule has 4 heterocycles. The van der Waals surface area contributed by atoms with Gasteiger partial charge in [0.1, 0.15) is 5.58 Å². The molecule has 0 fully saturated rings. The van der Waals surface area contributed by atoms with Gasteiger partial charge in [0.2, 0.25) is 0 Å². The van der Waals surface area contributed by atoms with Crippen molar-refractivity contribution in [3.05, 3.63) is 157 Å². The minimum atomic E-state index is 0.605. The average molecular weight is 653 g/mol. The molecule has 0 amide bonds. The molecular weight excluding hydrogens is 625 g/mol. The summed E-state index contributed by atoms with van der Waals surface area (Å²) in [6.07, 6.45) is 0. The molecule has 0 atom stereocenters. The molecule has 0 unspecified atom stereocenters. The molecule has 4 aromatic heterocycles. The summed E-state index contributed by atoms with van der Waals surface area (Å²) in [6, 6.07) is 53.4. The largest absolute Gasteiger partial charge is 0.454 e. The van der Waals surface area contributed by atoms with E-state index in [0.29, 0.717) is 17.1 Å². The molecular formula is C46H28N4O. The van der Waals surface area contributed by atoms with Crippen LogP contribution in [0.3, 0.4) is 0 Å². The van der Waals surface area contributed by atoms with Crippen molar-refractivity contribution in [2.45, 2.75) is 6.92 Å². The molecule has 5 heteroatoms. The van der Waals surface area contributed by atoms with Crippen LogP contribution in [0.4, 0.5) is 0 Å². The summed E-state index contributed by atoms with van der Waals surface area (Å²) in [5, 5.41) is 10.7. The molecule has 0 aliphatic rings. The molecule has 0 aliphatic heterocycles. The molecule has 238 valence electrons. The Kier molecular flexibility index (Phi) is 5.81. The predicted octanol–water partition coefficient (Wildman–Crippen LogP) is 12.0. The molecule has 11 rings (SSSR count). The van der Waals surface area contributed by atoms with E-state index >= 15 is 0 Å². The van der Waals surface area contributed by atoms with E-state index in [1.807, 2.05) is 42.5 Å². The second kappa shape index (κ2) is 10.6. The Morgan fingerprint density at radius 3 is 1.84 bits per heavy atom. The van der Waals surface area contributed by atoms with Crippen LogP contribution in [0.2, 0.25) is 0 Å². The first-order valence-electron chi connectivity index (χ1n) is 17.2. The van der Waals surface area contributed by atoms with E-state index in [1.54, 1.807) is 0 Å². The minimum absolute atomic E-state index is 0.605. The van der Waals surface area contributed by atoms with Crippen LogP contribution >= 0.6 is 0 Å². The molecule has 0 aliphatic carbocycles. The molecule has 51 heavy (non-hydrogen) atoms. The van der Waals surface area contributed by atoms with Gasteiger partial charge in [0.15, 0.2) is 22.7 Å². The first kappa shape index (κ1) is 28.0. The van der Waals surface area contributed by atoms with E-state index in [1.165, 1.54) is 16.3 Å². The summed E-state index contributed by atoms with van der Waals surface area (Å²) in [5.41, 5.74) is 8.18. The van der Waals surface area contributed by atoms with E-state index in [9.17, 15) is 0 Å². The van der Waals surface area contributed by atoms with Gasteiger partial charge in [-0.15, -0.1) is 0 Å². The Balaban J connectivity index is 1.43. The summed E-state index contributed by atoms with van der Waals surface area (Å²) in [6.45, 7) is 2.17. The molecule has 6 bridgehead atoms. The third-order valence-corrected chi connectivity index (χ3v) is 10.2. The standard InChI is InChI=1S/C46H28N4O/c1-27-22-29-24-31(23-27)32-14-5-6-17-35(32)45-47-44(28-12-3-2-4-13-28)48-46(49-45)36-18-11-21-41-42(36)37-25-30(29)26-40(43(37)51-41)50-38-19-9-7-15-33(38)34-16-8-10-20-39(34)50/h2-26H,1H3. The van der Waals surface area contributed by atoms with Gasteiger partial charge in [-0.25, -0.2) is 15.0 Å². The van der Waals surface area contributed by atoms with Crippen LogP contribution < -0.4 is 0 Å². The predicted molar refractivity (Wildman–Crippen MR) is 210 cm³/mol. The molecule has 0 saturated carbocycles. The zero-order chi connectivity index (χ0) is 33.6. The highest BCUT2D eigenvalue weighted by Crippen LogP contribution is 2.41. The van der Waals surface area contributed by atoms with Crippen molar-refractivity contribution in [3.63, 3.8) is 0 Å². The molecule has 0 spiro atoms. The monoisotopic (exact) mass is 652 g/mol. The van der Waals surface area contributed by atoms with Crippen molar-refractivity contribution >= 4 is 87.4 Å². The number of para-hydroxylation sites is 2. The quantitative estimate of drug-likeness (QED) is 0.186. The maximum Gasteiger partial charge on any atom is 0.164 e. The fourth-order valence-electron chi connectivity index (χ4n) is 7.98. The number of nitrogens with zero attached hydrogens (tertiary/aromatic N) is 4. The highest BCUT2D eigenvalue weighted by Gasteiger charge is 2.20. The second-order valence-electron chi connectivity index (χ2n) is 13.3. The number of rotatable bonds is 2. The average Bonchev–Trinajstić information content (AvgIpc) is 3.73. The smallest absolute Gasteiger partial charge is 0.164 e. The Morgan fingerprint density at radius 2 is 1.08 bits per heavy atom. The van der Waals surface area contributed by atoms with Crippen molar-refractivity contribution < 1.29 is 4.42 Å². The third kappa shape index (κ3) is 4.18. The van der Waals surface area contributed by atoms with Gasteiger partial charge in [0.25, 0.3) is 0 Å². The maximum absolute atomic E-state index is 6.93. The molecule has 0 radical (unpaired) electrons. The van der Waals surface area contributed by atoms with Gasteiger partial charge in [0.05, 0.1) is 16.7 Å². The number of aryl methyl sites for hydroxylation is 1. The summed E-state index contributed by atoms with van der Waals surface area (Å²) in [4.78, 5) is 15.5. The molecule has 11 aromatic rings. The first-order valence-corrected chi connectivity index (χ1v) is 17.2. The Hall–Kier alpha value is -6.85. The Bertz CT molecular complexity index is 3210. The van der Waals surface area contributed by atoms with Crippen molar-refractivity contribution in [2.24, 2.45) is 0 Å². The van der Waals surface area contributed by atoms with Gasteiger partial charge in [-0.3, -0.25) is 0 Å². The highest BCUT2D eigenvalue weighted by atomic mass is 16.3. The van der Waals surface area contributed by atoms with Gasteiger partial charge in [-0.1, -0.05) is 115 Å². The summed E-state index contributed by atoms with van der Waals surface area (Å²) >= 11 is 0. The number of aromatic nitrogens is 4. The van der Waals surface area contributed by atoms with Crippen LogP contribution in [0.15, 0.2) is 156 Å². The number of hydrogen-bond acceptors (Lipinski definition) is 4. The van der Waals surface area contributed by atoms with Gasteiger partial charge in [-0.05, 0) is 70.4 Å². The second-order valence-corrected chi connectivity index (χ2v) is 13.3. The lowest BCUT2D eigenvalue weighted by Crippen LogP contribution is -1.95. The fraction of sp³-hybridized carbons (Fsp3) is 0.0217. The molecule has 7 aromatic carbocycles. The Labute approximate surface area is 291 Å². The van der Waals surface area contributed by atoms with Gasteiger partial charge < -0.3 is 8.98 Å². The van der Waals surface area contributed by atoms with E-state index in [0.717, 1.165) is 76.5 Å². The van der Waals surface area contributed by atoms with Crippen LogP contribution in [0.1, 0.15) is 5.56 Å². The van der Waals surface area contributed by atoms with Crippen molar-refractivity contribution in [1.29, 1.82) is 0 Å². The first-order chi connectivity index (χ1) is 25.2. The number of furan rings is 1. The summed E-state index contributed by atoms with van der Waals surface area (Å²) < 4.78 is 9.29. The van der Waals surface area contributed by atoms with Crippen LogP contribution in [0, 0.1) is 6.92 Å². The molecule has 0 N–H and O–H groups in total. The SMILES string of the molecule is Cc1cc2cc(c1)c1ccccc1c1nc(-c3ccccc3)nc(n1)c1cccc3oc4c(-n5c6ccccc6c6ccccc65)cc2cc4c31. The van der Waals surface area contributed by atoms with E-state index in [2.05, 4.69) is 121 Å². The summed E-state index contributed by atoms with van der Waals surface area (Å²) in [7, 11) is 0. The summed E-state index contributed by atoms with van der Waals surface area (Å²) in [5.74, 6) is 0.627. The third-order valence-electron chi connectivity index (χ3n) is 10.2. The number of hydrogen-bond donors (Lipinski definition) is 0. The van der Waals surface area contributed by atoms with Crippen LogP contribution in [-0.4, -0.2) is 19.5 Å². The lowest BCUT2D eigenvalue weighted by molar-refractivity contribution is 0.666. The van der Waals surface area contributed by atoms with Crippen LogP contribution in [0.25, 0.3) is 104 Å². The van der Waals surface area contributed by atoms with E-state index in [-0.39, 0.29) is 0 Å². The molecule has 0 saturated heterocycles. The van der Waals surface area contributed by atoms with Gasteiger partial charge in [0, 0.05) is 37.9 Å². The van der Waals surface area contributed by atoms with Crippen molar-refractivity contribution in [3.8, 4) is 17.1 Å². The van der Waals surface area contributed by atoms with E-state index < -0.39 is 0 Å². The highest BCUT2D eigenvalue weighted by molar-refractivity contribution is 6.21. The normalized spacial score (nSPS) is 12.0.